The predicted octanol–water partition coefficient (Wildman–Crippen LogP) is 11.7. The van der Waals surface area contributed by atoms with Crippen LogP contribution in [0, 0.1) is 27.7 Å². The van der Waals surface area contributed by atoms with Gasteiger partial charge in [-0.3, -0.25) is 0 Å². The van der Waals surface area contributed by atoms with Crippen LogP contribution in [0.5, 0.6) is 0 Å². The van der Waals surface area contributed by atoms with Crippen molar-refractivity contribution in [1.29, 1.82) is 0 Å². The smallest absolute Gasteiger partial charge is 0.0254 e. The minimum atomic E-state index is 1.10. The number of benzene rings is 6. The summed E-state index contributed by atoms with van der Waals surface area (Å²) in [7, 11) is 0. The van der Waals surface area contributed by atoms with E-state index >= 15 is 0 Å². The first-order valence-corrected chi connectivity index (χ1v) is 14.6. The van der Waals surface area contributed by atoms with Crippen LogP contribution in [0.25, 0.3) is 66.1 Å². The van der Waals surface area contributed by atoms with Crippen LogP contribution >= 0.6 is 31.9 Å². The summed E-state index contributed by atoms with van der Waals surface area (Å²) in [4.78, 5) is 0. The van der Waals surface area contributed by atoms with Gasteiger partial charge in [-0.15, -0.1) is 0 Å². The number of hydrogen-bond donors (Lipinski definition) is 0. The van der Waals surface area contributed by atoms with E-state index in [1.54, 1.807) is 0 Å². The van der Waals surface area contributed by atoms with E-state index in [1.807, 2.05) is 0 Å². The summed E-state index contributed by atoms with van der Waals surface area (Å²) >= 11 is 7.66. The molecule has 0 aliphatic heterocycles. The van der Waals surface area contributed by atoms with Gasteiger partial charge in [0.15, 0.2) is 0 Å². The molecule has 0 spiro atoms. The molecule has 0 saturated heterocycles. The summed E-state index contributed by atoms with van der Waals surface area (Å²) in [5.41, 5.74) is 15.7. The zero-order chi connectivity index (χ0) is 26.3. The number of rotatable bonds is 2. The molecule has 0 bridgehead atoms. The van der Waals surface area contributed by atoms with Crippen molar-refractivity contribution in [3.05, 3.63) is 116 Å². The Morgan fingerprint density at radius 1 is 0.447 bits per heavy atom. The zero-order valence-corrected chi connectivity index (χ0v) is 25.0. The number of fused-ring (bicyclic) bond motifs is 4. The lowest BCUT2D eigenvalue weighted by Crippen LogP contribution is -1.95. The largest absolute Gasteiger partial charge is 0.0610 e. The average molecular weight is 618 g/mol. The minimum Gasteiger partial charge on any atom is -0.0610 e. The van der Waals surface area contributed by atoms with Crippen LogP contribution in [0.4, 0.5) is 0 Å². The second-order valence-corrected chi connectivity index (χ2v) is 12.5. The normalized spacial score (nSPS) is 11.9. The fourth-order valence-corrected chi connectivity index (χ4v) is 7.45. The Labute approximate surface area is 240 Å². The Morgan fingerprint density at radius 3 is 1.61 bits per heavy atom. The molecule has 0 fully saturated rings. The summed E-state index contributed by atoms with van der Waals surface area (Å²) < 4.78 is 2.23. The van der Waals surface area contributed by atoms with Crippen LogP contribution < -0.4 is 0 Å². The van der Waals surface area contributed by atoms with Crippen molar-refractivity contribution >= 4 is 53.4 Å². The van der Waals surface area contributed by atoms with Gasteiger partial charge in [-0.2, -0.15) is 0 Å². The topological polar surface area (TPSA) is 0 Å². The molecule has 0 saturated carbocycles. The molecular formula is C36H26Br2. The Kier molecular flexibility index (Phi) is 5.44. The fraction of sp³-hybridized carbons (Fsp3) is 0.111. The summed E-state index contributed by atoms with van der Waals surface area (Å²) in [6.07, 6.45) is 0. The maximum atomic E-state index is 3.85. The van der Waals surface area contributed by atoms with E-state index in [9.17, 15) is 0 Å². The predicted molar refractivity (Wildman–Crippen MR) is 171 cm³/mol. The van der Waals surface area contributed by atoms with Crippen molar-refractivity contribution in [3.63, 3.8) is 0 Å². The first kappa shape index (κ1) is 23.9. The van der Waals surface area contributed by atoms with Crippen molar-refractivity contribution in [1.82, 2.24) is 0 Å². The van der Waals surface area contributed by atoms with E-state index in [1.165, 1.54) is 88.3 Å². The van der Waals surface area contributed by atoms with Crippen molar-refractivity contribution < 1.29 is 0 Å². The van der Waals surface area contributed by atoms with Gasteiger partial charge in [0.25, 0.3) is 0 Å². The molecule has 6 aromatic carbocycles. The van der Waals surface area contributed by atoms with Gasteiger partial charge in [-0.1, -0.05) is 121 Å². The summed E-state index contributed by atoms with van der Waals surface area (Å²) in [6.45, 7) is 8.80. The summed E-state index contributed by atoms with van der Waals surface area (Å²) in [6, 6.07) is 32.0. The highest BCUT2D eigenvalue weighted by molar-refractivity contribution is 9.11. The number of halogens is 2. The molecule has 0 N–H and O–H groups in total. The maximum absolute atomic E-state index is 3.85. The molecular weight excluding hydrogens is 592 g/mol. The summed E-state index contributed by atoms with van der Waals surface area (Å²) in [5, 5.41) is 5.16. The van der Waals surface area contributed by atoms with Crippen LogP contribution in [-0.2, 0) is 0 Å². The SMILES string of the molecule is Cc1cc(C)cc(-c2c3c(c(-c4cc(C)cc(C)c4)c4cc(Br)ccc24)-c2ccc(Br)c4cccc-3c24)c1. The van der Waals surface area contributed by atoms with Crippen LogP contribution in [0.2, 0.25) is 0 Å². The highest BCUT2D eigenvalue weighted by Crippen LogP contribution is 2.58. The van der Waals surface area contributed by atoms with Gasteiger partial charge >= 0.3 is 0 Å². The van der Waals surface area contributed by atoms with E-state index < -0.39 is 0 Å². The highest BCUT2D eigenvalue weighted by Gasteiger charge is 2.31. The van der Waals surface area contributed by atoms with Crippen LogP contribution in [0.15, 0.2) is 93.9 Å². The van der Waals surface area contributed by atoms with Crippen molar-refractivity contribution in [2.45, 2.75) is 27.7 Å². The van der Waals surface area contributed by atoms with Crippen LogP contribution in [0.3, 0.4) is 0 Å². The molecule has 7 rings (SSSR count). The molecule has 2 heteroatoms. The molecule has 0 unspecified atom stereocenters. The maximum Gasteiger partial charge on any atom is 0.0254 e. The molecule has 0 atom stereocenters. The van der Waals surface area contributed by atoms with Gasteiger partial charge in [-0.05, 0) is 112 Å². The third-order valence-corrected chi connectivity index (χ3v) is 9.00. The van der Waals surface area contributed by atoms with Gasteiger partial charge in [0.1, 0.15) is 0 Å². The lowest BCUT2D eigenvalue weighted by molar-refractivity contribution is 1.38. The fourth-order valence-electron chi connectivity index (χ4n) is 6.62. The van der Waals surface area contributed by atoms with E-state index in [-0.39, 0.29) is 0 Å². The third-order valence-electron chi connectivity index (χ3n) is 7.82. The van der Waals surface area contributed by atoms with E-state index in [0.29, 0.717) is 0 Å². The van der Waals surface area contributed by atoms with Gasteiger partial charge in [-0.25, -0.2) is 0 Å². The Hall–Kier alpha value is -3.20. The van der Waals surface area contributed by atoms with Gasteiger partial charge in [0, 0.05) is 8.95 Å². The van der Waals surface area contributed by atoms with Gasteiger partial charge in [0.05, 0.1) is 0 Å². The van der Waals surface area contributed by atoms with Crippen LogP contribution in [-0.4, -0.2) is 0 Å². The molecule has 0 aromatic heterocycles. The van der Waals surface area contributed by atoms with E-state index in [4.69, 9.17) is 0 Å². The molecule has 184 valence electrons. The molecule has 0 radical (unpaired) electrons. The monoisotopic (exact) mass is 616 g/mol. The number of aryl methyl sites for hydroxylation is 4. The zero-order valence-electron chi connectivity index (χ0n) is 21.8. The first-order chi connectivity index (χ1) is 18.3. The lowest BCUT2D eigenvalue weighted by Gasteiger charge is -2.21. The first-order valence-electron chi connectivity index (χ1n) is 13.0. The molecule has 1 aliphatic rings. The highest BCUT2D eigenvalue weighted by atomic mass is 79.9. The molecule has 1 aliphatic carbocycles. The van der Waals surface area contributed by atoms with Gasteiger partial charge in [0.2, 0.25) is 0 Å². The lowest BCUT2D eigenvalue weighted by atomic mass is 9.81. The molecule has 0 nitrogen and oxygen atoms in total. The average Bonchev–Trinajstić information content (AvgIpc) is 3.18. The van der Waals surface area contributed by atoms with Gasteiger partial charge < -0.3 is 0 Å². The molecule has 0 heterocycles. The van der Waals surface area contributed by atoms with Crippen molar-refractivity contribution in [2.24, 2.45) is 0 Å². The second kappa shape index (κ2) is 8.66. The van der Waals surface area contributed by atoms with E-state index in [0.717, 1.165) is 8.95 Å². The minimum absolute atomic E-state index is 1.10. The third kappa shape index (κ3) is 3.54. The number of hydrogen-bond acceptors (Lipinski definition) is 0. The van der Waals surface area contributed by atoms with E-state index in [2.05, 4.69) is 144 Å². The Bertz CT molecular complexity index is 1940. The standard InChI is InChI=1S/C36H26Br2/c1-19-12-20(2)15-23(14-19)32-26-9-8-25(37)18-30(26)33(24-16-21(3)13-22(4)17-24)36-29-10-11-31(38)27-6-5-7-28(34(27)29)35(32)36/h5-18H,1-4H3. The molecule has 0 amide bonds. The summed E-state index contributed by atoms with van der Waals surface area (Å²) in [5.74, 6) is 0. The van der Waals surface area contributed by atoms with Crippen molar-refractivity contribution in [2.75, 3.05) is 0 Å². The quantitative estimate of drug-likeness (QED) is 0.181. The Balaban J connectivity index is 1.78. The molecule has 38 heavy (non-hydrogen) atoms. The van der Waals surface area contributed by atoms with Crippen molar-refractivity contribution in [3.8, 4) is 44.5 Å². The molecule has 6 aromatic rings. The van der Waals surface area contributed by atoms with Crippen LogP contribution in [0.1, 0.15) is 22.3 Å². The Morgan fingerprint density at radius 2 is 1.00 bits per heavy atom. The second-order valence-electron chi connectivity index (χ2n) is 10.8.